The van der Waals surface area contributed by atoms with Crippen LogP contribution in [0.5, 0.6) is 0 Å². The van der Waals surface area contributed by atoms with E-state index in [2.05, 4.69) is 9.84 Å². The van der Waals surface area contributed by atoms with E-state index >= 15 is 0 Å². The minimum atomic E-state index is -0.736. The molecule has 1 aromatic carbocycles. The van der Waals surface area contributed by atoms with E-state index in [1.165, 1.54) is 10.8 Å². The highest BCUT2D eigenvalue weighted by Gasteiger charge is 2.14. The molecular formula is C16H14Cl3N3O3. The predicted octanol–water partition coefficient (Wildman–Crippen LogP) is 3.24. The molecule has 0 aliphatic carbocycles. The van der Waals surface area contributed by atoms with E-state index in [1.807, 2.05) is 0 Å². The summed E-state index contributed by atoms with van der Waals surface area (Å²) in [6, 6.07) is 5.20. The lowest BCUT2D eigenvalue weighted by Crippen LogP contribution is -2.19. The number of aryl methyl sites for hydroxylation is 1. The predicted molar refractivity (Wildman–Crippen MR) is 96.7 cm³/mol. The van der Waals surface area contributed by atoms with Crippen molar-refractivity contribution in [1.29, 1.82) is 0 Å². The van der Waals surface area contributed by atoms with Crippen LogP contribution in [0.3, 0.4) is 0 Å². The Morgan fingerprint density at radius 2 is 1.92 bits per heavy atom. The summed E-state index contributed by atoms with van der Waals surface area (Å²) in [6.45, 7) is 1.53. The summed E-state index contributed by atoms with van der Waals surface area (Å²) in [5.41, 5.74) is 6.73. The van der Waals surface area contributed by atoms with Crippen molar-refractivity contribution in [2.24, 2.45) is 5.73 Å². The van der Waals surface area contributed by atoms with Crippen LogP contribution in [-0.2, 0) is 20.9 Å². The Labute approximate surface area is 159 Å². The zero-order valence-electron chi connectivity index (χ0n) is 13.1. The van der Waals surface area contributed by atoms with Gasteiger partial charge in [-0.3, -0.25) is 4.79 Å². The first-order valence-corrected chi connectivity index (χ1v) is 8.22. The molecule has 0 saturated heterocycles. The van der Waals surface area contributed by atoms with Gasteiger partial charge in [-0.25, -0.2) is 9.48 Å². The zero-order chi connectivity index (χ0) is 18.6. The number of carbonyl (C=O) groups is 2. The summed E-state index contributed by atoms with van der Waals surface area (Å²) >= 11 is 18.7. The Kier molecular flexibility index (Phi) is 6.47. The standard InChI is InChI=1S/C16H14Cl3N3O3/c1-9-10(5-6-15(24)25-8-14(20)23)16(19)22(21-9)7-11-12(17)3-2-4-13(11)18/h2-6H,7-8H2,1H3,(H2,20,23)/b6-5+. The van der Waals surface area contributed by atoms with E-state index in [4.69, 9.17) is 40.5 Å². The molecule has 2 N–H and O–H groups in total. The van der Waals surface area contributed by atoms with E-state index < -0.39 is 18.5 Å². The molecule has 9 heteroatoms. The Morgan fingerprint density at radius 3 is 2.52 bits per heavy atom. The lowest BCUT2D eigenvalue weighted by atomic mass is 10.2. The number of nitrogens with zero attached hydrogens (tertiary/aromatic N) is 2. The summed E-state index contributed by atoms with van der Waals surface area (Å²) in [5, 5.41) is 5.65. The second-order valence-corrected chi connectivity index (χ2v) is 6.23. The molecule has 6 nitrogen and oxygen atoms in total. The molecule has 0 unspecified atom stereocenters. The van der Waals surface area contributed by atoms with Crippen molar-refractivity contribution < 1.29 is 14.3 Å². The number of carbonyl (C=O) groups excluding carboxylic acids is 2. The van der Waals surface area contributed by atoms with Gasteiger partial charge in [0.2, 0.25) is 0 Å². The summed E-state index contributed by atoms with van der Waals surface area (Å²) < 4.78 is 6.16. The van der Waals surface area contributed by atoms with Crippen LogP contribution < -0.4 is 5.73 Å². The lowest BCUT2D eigenvalue weighted by molar-refractivity contribution is -0.142. The quantitative estimate of drug-likeness (QED) is 0.593. The van der Waals surface area contributed by atoms with Gasteiger partial charge in [-0.1, -0.05) is 40.9 Å². The van der Waals surface area contributed by atoms with Gasteiger partial charge in [-0.2, -0.15) is 5.10 Å². The van der Waals surface area contributed by atoms with E-state index in [0.29, 0.717) is 32.0 Å². The average Bonchev–Trinajstić information content (AvgIpc) is 2.81. The number of benzene rings is 1. The number of rotatable bonds is 6. The van der Waals surface area contributed by atoms with Gasteiger partial charge in [0.05, 0.1) is 12.2 Å². The minimum Gasteiger partial charge on any atom is -0.452 e. The van der Waals surface area contributed by atoms with E-state index in [1.54, 1.807) is 25.1 Å². The smallest absolute Gasteiger partial charge is 0.331 e. The molecule has 132 valence electrons. The van der Waals surface area contributed by atoms with Crippen molar-refractivity contribution in [2.75, 3.05) is 6.61 Å². The number of hydrogen-bond acceptors (Lipinski definition) is 4. The summed E-state index contributed by atoms with van der Waals surface area (Å²) in [5.74, 6) is -1.45. The Morgan fingerprint density at radius 1 is 1.28 bits per heavy atom. The van der Waals surface area contributed by atoms with Crippen LogP contribution in [-0.4, -0.2) is 28.3 Å². The lowest BCUT2D eigenvalue weighted by Gasteiger charge is -2.08. The highest BCUT2D eigenvalue weighted by atomic mass is 35.5. The van der Waals surface area contributed by atoms with Crippen molar-refractivity contribution in [3.8, 4) is 0 Å². The number of amides is 1. The van der Waals surface area contributed by atoms with E-state index in [9.17, 15) is 9.59 Å². The molecule has 1 heterocycles. The molecule has 0 radical (unpaired) electrons. The topological polar surface area (TPSA) is 87.2 Å². The molecule has 0 fully saturated rings. The van der Waals surface area contributed by atoms with Crippen LogP contribution in [0, 0.1) is 6.92 Å². The van der Waals surface area contributed by atoms with Gasteiger partial charge < -0.3 is 10.5 Å². The van der Waals surface area contributed by atoms with Gasteiger partial charge >= 0.3 is 5.97 Å². The van der Waals surface area contributed by atoms with Crippen molar-refractivity contribution in [1.82, 2.24) is 9.78 Å². The van der Waals surface area contributed by atoms with Gasteiger partial charge in [0.25, 0.3) is 5.91 Å². The fraction of sp³-hybridized carbons (Fsp3) is 0.188. The third-order valence-electron chi connectivity index (χ3n) is 3.22. The highest BCUT2D eigenvalue weighted by molar-refractivity contribution is 6.36. The SMILES string of the molecule is Cc1nn(Cc2c(Cl)cccc2Cl)c(Cl)c1/C=C/C(=O)OCC(N)=O. The van der Waals surface area contributed by atoms with Crippen LogP contribution in [0.4, 0.5) is 0 Å². The number of nitrogens with two attached hydrogens (primary N) is 1. The third-order valence-corrected chi connectivity index (χ3v) is 4.33. The molecule has 0 atom stereocenters. The van der Waals surface area contributed by atoms with Crippen LogP contribution in [0.1, 0.15) is 16.8 Å². The van der Waals surface area contributed by atoms with Gasteiger partial charge in [-0.15, -0.1) is 0 Å². The third kappa shape index (κ3) is 4.98. The van der Waals surface area contributed by atoms with Gasteiger partial charge in [0.1, 0.15) is 5.15 Å². The molecule has 2 rings (SSSR count). The number of primary amides is 1. The molecule has 2 aromatic rings. The maximum atomic E-state index is 11.5. The summed E-state index contributed by atoms with van der Waals surface area (Å²) in [4.78, 5) is 22.1. The van der Waals surface area contributed by atoms with Crippen molar-refractivity contribution in [3.63, 3.8) is 0 Å². The minimum absolute atomic E-state index is 0.276. The summed E-state index contributed by atoms with van der Waals surface area (Å²) in [7, 11) is 0. The second-order valence-electron chi connectivity index (χ2n) is 5.06. The fourth-order valence-electron chi connectivity index (χ4n) is 2.04. The van der Waals surface area contributed by atoms with Gasteiger partial charge in [-0.05, 0) is 25.1 Å². The number of ether oxygens (including phenoxy) is 1. The van der Waals surface area contributed by atoms with Crippen LogP contribution >= 0.6 is 34.8 Å². The molecule has 25 heavy (non-hydrogen) atoms. The first-order chi connectivity index (χ1) is 11.8. The first kappa shape index (κ1) is 19.3. The highest BCUT2D eigenvalue weighted by Crippen LogP contribution is 2.28. The Balaban J connectivity index is 2.20. The molecule has 0 spiro atoms. The van der Waals surface area contributed by atoms with E-state index in [-0.39, 0.29) is 6.54 Å². The Hall–Kier alpha value is -2.02. The van der Waals surface area contributed by atoms with Crippen molar-refractivity contribution in [3.05, 3.63) is 56.3 Å². The first-order valence-electron chi connectivity index (χ1n) is 7.08. The molecule has 0 aliphatic heterocycles. The molecule has 0 saturated carbocycles. The van der Waals surface area contributed by atoms with Gasteiger partial charge in [0.15, 0.2) is 6.61 Å². The number of hydrogen-bond donors (Lipinski definition) is 1. The van der Waals surface area contributed by atoms with E-state index in [0.717, 1.165) is 6.08 Å². The molecule has 0 bridgehead atoms. The number of aromatic nitrogens is 2. The van der Waals surface area contributed by atoms with Crippen molar-refractivity contribution in [2.45, 2.75) is 13.5 Å². The van der Waals surface area contributed by atoms with Crippen LogP contribution in [0.25, 0.3) is 6.08 Å². The molecule has 0 aliphatic rings. The maximum Gasteiger partial charge on any atom is 0.331 e. The zero-order valence-corrected chi connectivity index (χ0v) is 15.4. The largest absolute Gasteiger partial charge is 0.452 e. The van der Waals surface area contributed by atoms with Crippen molar-refractivity contribution >= 4 is 52.8 Å². The fourth-order valence-corrected chi connectivity index (χ4v) is 2.85. The molecule has 1 amide bonds. The second kappa shape index (κ2) is 8.38. The number of halogens is 3. The normalized spacial score (nSPS) is 11.0. The average molecular weight is 403 g/mol. The summed E-state index contributed by atoms with van der Waals surface area (Å²) in [6.07, 6.45) is 2.60. The molecular weight excluding hydrogens is 389 g/mol. The monoisotopic (exact) mass is 401 g/mol. The number of esters is 1. The van der Waals surface area contributed by atoms with Crippen LogP contribution in [0.2, 0.25) is 15.2 Å². The molecule has 1 aromatic heterocycles. The maximum absolute atomic E-state index is 11.5. The van der Waals surface area contributed by atoms with Gasteiger partial charge in [0, 0.05) is 27.2 Å². The Bertz CT molecular complexity index is 826. The van der Waals surface area contributed by atoms with Crippen LogP contribution in [0.15, 0.2) is 24.3 Å².